The number of aryl methyl sites for hydroxylation is 1. The summed E-state index contributed by atoms with van der Waals surface area (Å²) < 4.78 is 33.6. The Bertz CT molecular complexity index is 1210. The van der Waals surface area contributed by atoms with E-state index in [9.17, 15) is 18.4 Å². The zero-order valence-electron chi connectivity index (χ0n) is 17.8. The number of carbonyl (C=O) groups excluding carboxylic acids is 2. The predicted molar refractivity (Wildman–Crippen MR) is 118 cm³/mol. The summed E-state index contributed by atoms with van der Waals surface area (Å²) in [4.78, 5) is 27.1. The molecule has 0 atom stereocenters. The van der Waals surface area contributed by atoms with Gasteiger partial charge >= 0.3 is 0 Å². The molecule has 1 aliphatic rings. The maximum absolute atomic E-state index is 13.7. The number of nitrogens with one attached hydrogen (secondary N) is 1. The number of fused-ring (bicyclic) bond motifs is 3. The number of alkyl halides is 1. The second kappa shape index (κ2) is 9.58. The molecule has 0 unspecified atom stereocenters. The highest BCUT2D eigenvalue weighted by Gasteiger charge is 2.31. The quantitative estimate of drug-likeness (QED) is 0.568. The van der Waals surface area contributed by atoms with Crippen molar-refractivity contribution in [3.05, 3.63) is 70.1 Å². The maximum Gasteiger partial charge on any atom is 0.275 e. The number of hydrogen-bond donors (Lipinski definition) is 1. The molecule has 0 saturated carbocycles. The van der Waals surface area contributed by atoms with E-state index in [0.717, 1.165) is 0 Å². The van der Waals surface area contributed by atoms with Gasteiger partial charge in [-0.05, 0) is 35.9 Å². The van der Waals surface area contributed by atoms with Crippen molar-refractivity contribution in [1.82, 2.24) is 20.0 Å². The molecule has 0 fully saturated rings. The number of aromatic nitrogens is 2. The van der Waals surface area contributed by atoms with Crippen LogP contribution in [0, 0.1) is 5.82 Å². The Hall–Kier alpha value is -3.46. The number of halogens is 3. The molecule has 3 aromatic rings. The normalized spacial score (nSPS) is 11.9. The fourth-order valence-electron chi connectivity index (χ4n) is 3.80. The minimum absolute atomic E-state index is 0.0335. The molecule has 4 rings (SSSR count). The number of hydrogen-bond acceptors (Lipinski definition) is 4. The summed E-state index contributed by atoms with van der Waals surface area (Å²) in [5.74, 6) is -0.897. The lowest BCUT2D eigenvalue weighted by Gasteiger charge is -2.23. The molecule has 0 saturated heterocycles. The van der Waals surface area contributed by atoms with E-state index in [4.69, 9.17) is 16.3 Å². The van der Waals surface area contributed by atoms with Crippen LogP contribution in [0.5, 0.6) is 5.75 Å². The highest BCUT2D eigenvalue weighted by atomic mass is 35.5. The molecule has 7 nitrogen and oxygen atoms in total. The van der Waals surface area contributed by atoms with Gasteiger partial charge in [-0.1, -0.05) is 23.7 Å². The van der Waals surface area contributed by atoms with Gasteiger partial charge in [0.25, 0.3) is 5.91 Å². The number of ether oxygens (including phenoxy) is 1. The van der Waals surface area contributed by atoms with Crippen molar-refractivity contribution >= 4 is 23.4 Å². The minimum atomic E-state index is -0.726. The van der Waals surface area contributed by atoms with Gasteiger partial charge in [-0.25, -0.2) is 8.78 Å². The van der Waals surface area contributed by atoms with Gasteiger partial charge in [0, 0.05) is 36.3 Å². The van der Waals surface area contributed by atoms with Gasteiger partial charge in [-0.15, -0.1) is 0 Å². The van der Waals surface area contributed by atoms with Crippen molar-refractivity contribution in [2.45, 2.75) is 13.2 Å². The van der Waals surface area contributed by atoms with Crippen molar-refractivity contribution in [1.29, 1.82) is 0 Å². The van der Waals surface area contributed by atoms with Gasteiger partial charge in [-0.3, -0.25) is 14.3 Å². The molecule has 172 valence electrons. The van der Waals surface area contributed by atoms with Gasteiger partial charge in [0.15, 0.2) is 5.69 Å². The second-order valence-electron chi connectivity index (χ2n) is 7.56. The van der Waals surface area contributed by atoms with Crippen LogP contribution >= 0.6 is 11.6 Å². The fourth-order valence-corrected chi connectivity index (χ4v) is 3.97. The van der Waals surface area contributed by atoms with Gasteiger partial charge < -0.3 is 15.0 Å². The van der Waals surface area contributed by atoms with Crippen LogP contribution in [-0.4, -0.2) is 46.3 Å². The zero-order chi connectivity index (χ0) is 23.5. The maximum atomic E-state index is 13.7. The Morgan fingerprint density at radius 3 is 2.85 bits per heavy atom. The van der Waals surface area contributed by atoms with Crippen LogP contribution in [0.4, 0.5) is 8.78 Å². The number of benzene rings is 2. The summed E-state index contributed by atoms with van der Waals surface area (Å²) in [7, 11) is 1.70. The monoisotopic (exact) mass is 474 g/mol. The molecule has 10 heteroatoms. The first-order valence-electron chi connectivity index (χ1n) is 10.2. The van der Waals surface area contributed by atoms with Crippen LogP contribution in [0.2, 0.25) is 5.02 Å². The fraction of sp³-hybridized carbons (Fsp3) is 0.261. The van der Waals surface area contributed by atoms with E-state index in [2.05, 4.69) is 10.4 Å². The lowest BCUT2D eigenvalue weighted by Crippen LogP contribution is -2.41. The molecule has 0 spiro atoms. The molecular weight excluding hydrogens is 454 g/mol. The summed E-state index contributed by atoms with van der Waals surface area (Å²) in [5.41, 5.74) is 2.57. The largest absolute Gasteiger partial charge is 0.488 e. The van der Waals surface area contributed by atoms with Crippen LogP contribution in [0.1, 0.15) is 21.6 Å². The van der Waals surface area contributed by atoms with Crippen molar-refractivity contribution in [2.24, 2.45) is 7.05 Å². The minimum Gasteiger partial charge on any atom is -0.488 e. The van der Waals surface area contributed by atoms with Gasteiger partial charge in [-0.2, -0.15) is 5.10 Å². The van der Waals surface area contributed by atoms with E-state index < -0.39 is 24.3 Å². The number of rotatable bonds is 7. The van der Waals surface area contributed by atoms with Crippen molar-refractivity contribution in [3.8, 4) is 17.0 Å². The van der Waals surface area contributed by atoms with E-state index in [1.165, 1.54) is 23.1 Å². The smallest absolute Gasteiger partial charge is 0.275 e. The third-order valence-corrected chi connectivity index (χ3v) is 5.45. The molecule has 1 aliphatic heterocycles. The van der Waals surface area contributed by atoms with E-state index in [-0.39, 0.29) is 31.9 Å². The predicted octanol–water partition coefficient (Wildman–Crippen LogP) is 3.50. The Morgan fingerprint density at radius 2 is 2.09 bits per heavy atom. The molecular formula is C23H21ClF2N4O3. The Morgan fingerprint density at radius 1 is 1.27 bits per heavy atom. The van der Waals surface area contributed by atoms with Crippen LogP contribution in [0.3, 0.4) is 0 Å². The van der Waals surface area contributed by atoms with Crippen molar-refractivity contribution < 1.29 is 23.1 Å². The third kappa shape index (κ3) is 4.83. The van der Waals surface area contributed by atoms with Crippen LogP contribution in [0.15, 0.2) is 42.5 Å². The average molecular weight is 475 g/mol. The zero-order valence-corrected chi connectivity index (χ0v) is 18.5. The molecule has 0 bridgehead atoms. The van der Waals surface area contributed by atoms with Gasteiger partial charge in [0.1, 0.15) is 31.4 Å². The Kier molecular flexibility index (Phi) is 6.60. The van der Waals surface area contributed by atoms with Crippen molar-refractivity contribution in [2.75, 3.05) is 19.8 Å². The topological polar surface area (TPSA) is 76.5 Å². The number of nitrogens with zero attached hydrogens (tertiary/aromatic N) is 3. The van der Waals surface area contributed by atoms with Crippen LogP contribution in [0.25, 0.3) is 11.3 Å². The molecule has 2 amide bonds. The summed E-state index contributed by atoms with van der Waals surface area (Å²) >= 11 is 6.16. The third-order valence-electron chi connectivity index (χ3n) is 5.22. The first-order chi connectivity index (χ1) is 15.9. The lowest BCUT2D eigenvalue weighted by atomic mass is 10.0. The van der Waals surface area contributed by atoms with E-state index in [1.54, 1.807) is 36.0 Å². The van der Waals surface area contributed by atoms with E-state index in [1.807, 2.05) is 0 Å². The first kappa shape index (κ1) is 22.7. The average Bonchev–Trinajstić information content (AvgIpc) is 3.13. The molecule has 1 N–H and O–H groups in total. The molecule has 2 heterocycles. The van der Waals surface area contributed by atoms with Crippen LogP contribution in [-0.2, 0) is 25.0 Å². The summed E-state index contributed by atoms with van der Waals surface area (Å²) in [5, 5.41) is 7.32. The van der Waals surface area contributed by atoms with E-state index >= 15 is 0 Å². The van der Waals surface area contributed by atoms with Gasteiger partial charge in [0.2, 0.25) is 5.91 Å². The Balaban J connectivity index is 1.69. The molecule has 33 heavy (non-hydrogen) atoms. The molecule has 0 aliphatic carbocycles. The SMILES string of the molecule is Cn1nc(C(=O)N(CC(=O)NCCF)Cc2cccc(F)c2)c2c1-c1cc(Cl)ccc1OC2. The first-order valence-corrected chi connectivity index (χ1v) is 10.6. The lowest BCUT2D eigenvalue weighted by molar-refractivity contribution is -0.121. The number of amides is 2. The Labute approximate surface area is 193 Å². The van der Waals surface area contributed by atoms with Crippen molar-refractivity contribution in [3.63, 3.8) is 0 Å². The molecule has 1 aromatic heterocycles. The molecule has 0 radical (unpaired) electrons. The summed E-state index contributed by atoms with van der Waals surface area (Å²) in [6.45, 7) is -1.15. The highest BCUT2D eigenvalue weighted by molar-refractivity contribution is 6.31. The number of carbonyl (C=O) groups is 2. The second-order valence-corrected chi connectivity index (χ2v) is 8.00. The summed E-state index contributed by atoms with van der Waals surface area (Å²) in [6.07, 6.45) is 0. The van der Waals surface area contributed by atoms with E-state index in [0.29, 0.717) is 33.2 Å². The molecule has 2 aromatic carbocycles. The van der Waals surface area contributed by atoms with Crippen LogP contribution < -0.4 is 10.1 Å². The standard InChI is InChI=1S/C23H21ClF2N4O3/c1-29-22-17-10-15(24)5-6-19(17)33-13-18(22)21(28-29)23(32)30(12-20(31)27-8-7-25)11-14-3-2-4-16(26)9-14/h2-6,9-10H,7-8,11-13H2,1H3,(H,27,31). The highest BCUT2D eigenvalue weighted by Crippen LogP contribution is 2.40. The summed E-state index contributed by atoms with van der Waals surface area (Å²) in [6, 6.07) is 10.9. The van der Waals surface area contributed by atoms with Gasteiger partial charge in [0.05, 0.1) is 5.69 Å².